The van der Waals surface area contributed by atoms with Crippen molar-refractivity contribution in [1.82, 2.24) is 15.1 Å². The van der Waals surface area contributed by atoms with Gasteiger partial charge in [0.2, 0.25) is 0 Å². The summed E-state index contributed by atoms with van der Waals surface area (Å²) in [4.78, 5) is 4.75. The first-order valence-electron chi connectivity index (χ1n) is 7.21. The predicted octanol–water partition coefficient (Wildman–Crippen LogP) is 2.34. The van der Waals surface area contributed by atoms with E-state index in [9.17, 15) is 0 Å². The van der Waals surface area contributed by atoms with Crippen LogP contribution in [-0.4, -0.2) is 26.7 Å². The molecule has 3 rings (SSSR count). The van der Waals surface area contributed by atoms with Crippen molar-refractivity contribution in [2.75, 3.05) is 5.75 Å². The van der Waals surface area contributed by atoms with Crippen molar-refractivity contribution in [3.8, 4) is 0 Å². The molecule has 1 aromatic rings. The summed E-state index contributed by atoms with van der Waals surface area (Å²) in [5.41, 5.74) is 2.43. The van der Waals surface area contributed by atoms with Crippen molar-refractivity contribution in [3.63, 3.8) is 0 Å². The summed E-state index contributed by atoms with van der Waals surface area (Å²) in [5, 5.41) is 9.22. The summed E-state index contributed by atoms with van der Waals surface area (Å²) >= 11 is 1.89. The Morgan fingerprint density at radius 2 is 2.42 bits per heavy atom. The van der Waals surface area contributed by atoms with E-state index in [1.807, 2.05) is 23.5 Å². The summed E-state index contributed by atoms with van der Waals surface area (Å²) in [6, 6.07) is 0.680. The summed E-state index contributed by atoms with van der Waals surface area (Å²) in [5.74, 6) is 2.11. The lowest BCUT2D eigenvalue weighted by atomic mass is 10.1. The molecule has 2 aliphatic rings. The molecule has 1 saturated heterocycles. The van der Waals surface area contributed by atoms with Crippen molar-refractivity contribution in [1.29, 1.82) is 0 Å². The van der Waals surface area contributed by atoms with E-state index < -0.39 is 0 Å². The van der Waals surface area contributed by atoms with Gasteiger partial charge in [-0.2, -0.15) is 5.10 Å². The molecule has 5 heteroatoms. The Hall–Kier alpha value is -0.970. The number of fused-ring (bicyclic) bond motifs is 1. The molecule has 2 unspecified atom stereocenters. The van der Waals surface area contributed by atoms with Crippen LogP contribution in [0.1, 0.15) is 37.4 Å². The maximum Gasteiger partial charge on any atom is 0.157 e. The molecule has 0 amide bonds. The molecule has 2 fully saturated rings. The van der Waals surface area contributed by atoms with Gasteiger partial charge in [0.15, 0.2) is 5.17 Å². The Bertz CT molecular complexity index is 480. The Labute approximate surface area is 119 Å². The molecular weight excluding hydrogens is 256 g/mol. The van der Waals surface area contributed by atoms with Crippen LogP contribution in [0.25, 0.3) is 0 Å². The Balaban J connectivity index is 1.65. The van der Waals surface area contributed by atoms with Gasteiger partial charge >= 0.3 is 0 Å². The standard InChI is InChI=1S/C14H22N4S/c1-3-12-11(8-18(2)17-12)7-15-14-16-13-6-4-5-10(13)9-19-14/h8,10,13H,3-7,9H2,1-2H3,(H,15,16). The van der Waals surface area contributed by atoms with Crippen LogP contribution in [0.5, 0.6) is 0 Å². The van der Waals surface area contributed by atoms with Crippen LogP contribution in [0.15, 0.2) is 11.2 Å². The second-order valence-corrected chi connectivity index (χ2v) is 6.51. The minimum absolute atomic E-state index is 0.680. The van der Waals surface area contributed by atoms with Crippen LogP contribution in [0.2, 0.25) is 0 Å². The molecule has 104 valence electrons. The van der Waals surface area contributed by atoms with Crippen molar-refractivity contribution < 1.29 is 0 Å². The van der Waals surface area contributed by atoms with Crippen LogP contribution >= 0.6 is 11.8 Å². The molecule has 1 aliphatic carbocycles. The van der Waals surface area contributed by atoms with Gasteiger partial charge in [0, 0.05) is 30.6 Å². The fraction of sp³-hybridized carbons (Fsp3) is 0.714. The number of hydrogen-bond donors (Lipinski definition) is 1. The van der Waals surface area contributed by atoms with Crippen LogP contribution in [0.3, 0.4) is 0 Å². The number of aryl methyl sites for hydroxylation is 2. The van der Waals surface area contributed by atoms with E-state index in [2.05, 4.69) is 23.5 Å². The van der Waals surface area contributed by atoms with Gasteiger partial charge in [-0.15, -0.1) is 0 Å². The van der Waals surface area contributed by atoms with Crippen molar-refractivity contribution in [3.05, 3.63) is 17.5 Å². The van der Waals surface area contributed by atoms with Crippen LogP contribution in [0.4, 0.5) is 0 Å². The Kier molecular flexibility index (Phi) is 3.82. The second kappa shape index (κ2) is 5.57. The number of aromatic nitrogens is 2. The quantitative estimate of drug-likeness (QED) is 0.923. The molecule has 2 heterocycles. The number of rotatable bonds is 3. The van der Waals surface area contributed by atoms with Gasteiger partial charge in [0.25, 0.3) is 0 Å². The van der Waals surface area contributed by atoms with Gasteiger partial charge in [-0.25, -0.2) is 0 Å². The highest BCUT2D eigenvalue weighted by molar-refractivity contribution is 8.13. The number of aliphatic imine (C=N–C) groups is 1. The number of hydrogen-bond acceptors (Lipinski definition) is 3. The monoisotopic (exact) mass is 278 g/mol. The number of amidine groups is 1. The van der Waals surface area contributed by atoms with E-state index in [4.69, 9.17) is 4.99 Å². The fourth-order valence-corrected chi connectivity index (χ4v) is 4.24. The topological polar surface area (TPSA) is 42.2 Å². The van der Waals surface area contributed by atoms with Crippen LogP contribution < -0.4 is 5.32 Å². The first kappa shape index (κ1) is 13.0. The van der Waals surface area contributed by atoms with Crippen LogP contribution in [0, 0.1) is 5.92 Å². The smallest absolute Gasteiger partial charge is 0.157 e. The minimum atomic E-state index is 0.680. The van der Waals surface area contributed by atoms with Crippen molar-refractivity contribution in [2.45, 2.75) is 45.2 Å². The summed E-state index contributed by atoms with van der Waals surface area (Å²) in [7, 11) is 1.98. The van der Waals surface area contributed by atoms with Crippen LogP contribution in [-0.2, 0) is 20.0 Å². The predicted molar refractivity (Wildman–Crippen MR) is 80.4 cm³/mol. The third kappa shape index (κ3) is 2.81. The average molecular weight is 278 g/mol. The summed E-state index contributed by atoms with van der Waals surface area (Å²) in [6.45, 7) is 2.90. The van der Waals surface area contributed by atoms with Gasteiger partial charge in [-0.05, 0) is 25.2 Å². The van der Waals surface area contributed by atoms with E-state index in [1.165, 1.54) is 36.3 Å². The highest BCUT2D eigenvalue weighted by Crippen LogP contribution is 2.32. The molecule has 0 aromatic carbocycles. The normalized spacial score (nSPS) is 28.4. The van der Waals surface area contributed by atoms with E-state index in [0.717, 1.165) is 24.1 Å². The molecule has 0 bridgehead atoms. The SMILES string of the molecule is CCc1nn(C)cc1CN=C1NC2CCCC2CS1. The molecule has 1 aromatic heterocycles. The lowest BCUT2D eigenvalue weighted by molar-refractivity contribution is 0.489. The van der Waals surface area contributed by atoms with Gasteiger partial charge in [0.05, 0.1) is 12.2 Å². The third-order valence-corrected chi connectivity index (χ3v) is 5.24. The van der Waals surface area contributed by atoms with Gasteiger partial charge in [-0.3, -0.25) is 9.67 Å². The highest BCUT2D eigenvalue weighted by atomic mass is 32.2. The summed E-state index contributed by atoms with van der Waals surface area (Å²) in [6.07, 6.45) is 7.15. The highest BCUT2D eigenvalue weighted by Gasteiger charge is 2.31. The second-order valence-electron chi connectivity index (χ2n) is 5.50. The Morgan fingerprint density at radius 3 is 3.26 bits per heavy atom. The zero-order chi connectivity index (χ0) is 13.2. The summed E-state index contributed by atoms with van der Waals surface area (Å²) < 4.78 is 1.89. The van der Waals surface area contributed by atoms with E-state index in [0.29, 0.717) is 6.04 Å². The zero-order valence-electron chi connectivity index (χ0n) is 11.7. The molecule has 1 saturated carbocycles. The van der Waals surface area contributed by atoms with E-state index in [-0.39, 0.29) is 0 Å². The molecule has 2 atom stereocenters. The largest absolute Gasteiger partial charge is 0.362 e. The average Bonchev–Trinajstić information content (AvgIpc) is 3.01. The lowest BCUT2D eigenvalue weighted by Crippen LogP contribution is -2.41. The third-order valence-electron chi connectivity index (χ3n) is 4.12. The number of nitrogens with one attached hydrogen (secondary N) is 1. The number of thioether (sulfide) groups is 1. The molecule has 19 heavy (non-hydrogen) atoms. The molecule has 0 radical (unpaired) electrons. The molecule has 1 aliphatic heterocycles. The fourth-order valence-electron chi connectivity index (χ4n) is 3.07. The van der Waals surface area contributed by atoms with Gasteiger partial charge < -0.3 is 5.32 Å². The van der Waals surface area contributed by atoms with Crippen molar-refractivity contribution in [2.24, 2.45) is 18.0 Å². The van der Waals surface area contributed by atoms with Gasteiger partial charge in [0.1, 0.15) is 0 Å². The maximum absolute atomic E-state index is 4.75. The first-order chi connectivity index (χ1) is 9.26. The number of nitrogens with zero attached hydrogens (tertiary/aromatic N) is 3. The molecule has 0 spiro atoms. The van der Waals surface area contributed by atoms with Gasteiger partial charge in [-0.1, -0.05) is 25.1 Å². The van der Waals surface area contributed by atoms with E-state index >= 15 is 0 Å². The first-order valence-corrected chi connectivity index (χ1v) is 8.20. The Morgan fingerprint density at radius 1 is 1.53 bits per heavy atom. The van der Waals surface area contributed by atoms with E-state index in [1.54, 1.807) is 0 Å². The lowest BCUT2D eigenvalue weighted by Gasteiger charge is -2.28. The maximum atomic E-state index is 4.75. The van der Waals surface area contributed by atoms with Crippen molar-refractivity contribution >= 4 is 16.9 Å². The minimum Gasteiger partial charge on any atom is -0.362 e. The molecule has 4 nitrogen and oxygen atoms in total. The molecular formula is C14H22N4S. The molecule has 1 N–H and O–H groups in total. The zero-order valence-corrected chi connectivity index (χ0v) is 12.5.